The van der Waals surface area contributed by atoms with Gasteiger partial charge in [-0.15, -0.1) is 0 Å². The summed E-state index contributed by atoms with van der Waals surface area (Å²) >= 11 is 0. The van der Waals surface area contributed by atoms with Crippen LogP contribution in [0.25, 0.3) is 0 Å². The lowest BCUT2D eigenvalue weighted by atomic mass is 10.1. The third kappa shape index (κ3) is 4.52. The molecule has 0 aromatic heterocycles. The molecule has 1 N–H and O–H groups in total. The highest BCUT2D eigenvalue weighted by molar-refractivity contribution is 5.79. The van der Waals surface area contributed by atoms with Crippen LogP contribution in [0.15, 0.2) is 48.5 Å². The van der Waals surface area contributed by atoms with Crippen LogP contribution in [0.5, 0.6) is 11.5 Å². The van der Waals surface area contributed by atoms with Crippen LogP contribution in [0.3, 0.4) is 0 Å². The number of amides is 1. The molecule has 0 atom stereocenters. The van der Waals surface area contributed by atoms with Gasteiger partial charge in [0.2, 0.25) is 5.91 Å². The van der Waals surface area contributed by atoms with E-state index in [1.165, 1.54) is 5.56 Å². The highest BCUT2D eigenvalue weighted by atomic mass is 16.5. The molecule has 0 aliphatic carbocycles. The number of methoxy groups -OCH3 is 2. The number of carbonyl (C=O) groups excluding carboxylic acids is 1. The van der Waals surface area contributed by atoms with Gasteiger partial charge in [-0.05, 0) is 18.1 Å². The van der Waals surface area contributed by atoms with Crippen molar-refractivity contribution in [3.05, 3.63) is 59.7 Å². The molecule has 22 heavy (non-hydrogen) atoms. The van der Waals surface area contributed by atoms with Gasteiger partial charge in [0.05, 0.1) is 20.6 Å². The molecule has 0 aliphatic heterocycles. The Morgan fingerprint density at radius 1 is 1.05 bits per heavy atom. The molecule has 0 unspecified atom stereocenters. The number of hydrogen-bond acceptors (Lipinski definition) is 3. The lowest BCUT2D eigenvalue weighted by Crippen LogP contribution is -2.27. The van der Waals surface area contributed by atoms with Gasteiger partial charge in [0.15, 0.2) is 0 Å². The molecule has 0 fully saturated rings. The topological polar surface area (TPSA) is 47.6 Å². The lowest BCUT2D eigenvalue weighted by Gasteiger charge is -2.10. The minimum absolute atomic E-state index is 0.0144. The van der Waals surface area contributed by atoms with Crippen molar-refractivity contribution in [2.24, 2.45) is 0 Å². The molecule has 0 radical (unpaired) electrons. The van der Waals surface area contributed by atoms with Crippen LogP contribution in [0.4, 0.5) is 0 Å². The molecule has 4 heteroatoms. The van der Waals surface area contributed by atoms with Crippen molar-refractivity contribution < 1.29 is 14.3 Å². The number of ether oxygens (including phenoxy) is 2. The van der Waals surface area contributed by atoms with Crippen LogP contribution >= 0.6 is 0 Å². The second-order valence-electron chi connectivity index (χ2n) is 4.94. The van der Waals surface area contributed by atoms with E-state index < -0.39 is 0 Å². The second-order valence-corrected chi connectivity index (χ2v) is 4.94. The van der Waals surface area contributed by atoms with Gasteiger partial charge in [-0.3, -0.25) is 4.79 Å². The van der Waals surface area contributed by atoms with Crippen molar-refractivity contribution in [3.8, 4) is 11.5 Å². The minimum Gasteiger partial charge on any atom is -0.497 e. The summed E-state index contributed by atoms with van der Waals surface area (Å²) in [7, 11) is 3.19. The Labute approximate surface area is 131 Å². The molecule has 0 heterocycles. The van der Waals surface area contributed by atoms with Crippen molar-refractivity contribution in [2.75, 3.05) is 20.8 Å². The maximum atomic E-state index is 12.0. The Kier molecular flexibility index (Phi) is 5.83. The average Bonchev–Trinajstić information content (AvgIpc) is 2.56. The van der Waals surface area contributed by atoms with Crippen LogP contribution in [0.1, 0.15) is 11.1 Å². The SMILES string of the molecule is COc1ccc(CC(=O)NCCc2ccccc2)c(OC)c1. The van der Waals surface area contributed by atoms with Gasteiger partial charge in [0, 0.05) is 18.2 Å². The Morgan fingerprint density at radius 2 is 1.82 bits per heavy atom. The van der Waals surface area contributed by atoms with E-state index in [1.54, 1.807) is 20.3 Å². The monoisotopic (exact) mass is 299 g/mol. The van der Waals surface area contributed by atoms with E-state index in [-0.39, 0.29) is 5.91 Å². The number of carbonyl (C=O) groups is 1. The second kappa shape index (κ2) is 8.08. The predicted molar refractivity (Wildman–Crippen MR) is 86.4 cm³/mol. The minimum atomic E-state index is -0.0144. The fourth-order valence-corrected chi connectivity index (χ4v) is 2.22. The molecular weight excluding hydrogens is 278 g/mol. The van der Waals surface area contributed by atoms with Crippen molar-refractivity contribution in [1.29, 1.82) is 0 Å². The summed E-state index contributed by atoms with van der Waals surface area (Å²) in [5, 5.41) is 2.93. The fourth-order valence-electron chi connectivity index (χ4n) is 2.22. The summed E-state index contributed by atoms with van der Waals surface area (Å²) in [6, 6.07) is 15.6. The molecule has 116 valence electrons. The van der Waals surface area contributed by atoms with Gasteiger partial charge >= 0.3 is 0 Å². The summed E-state index contributed by atoms with van der Waals surface area (Å²) in [6.07, 6.45) is 1.12. The van der Waals surface area contributed by atoms with E-state index in [4.69, 9.17) is 9.47 Å². The average molecular weight is 299 g/mol. The fraction of sp³-hybridized carbons (Fsp3) is 0.278. The van der Waals surface area contributed by atoms with E-state index in [1.807, 2.05) is 30.3 Å². The van der Waals surface area contributed by atoms with E-state index in [0.717, 1.165) is 12.0 Å². The molecule has 0 aliphatic rings. The Bertz CT molecular complexity index is 611. The molecule has 0 spiro atoms. The molecule has 2 aromatic carbocycles. The van der Waals surface area contributed by atoms with Crippen LogP contribution in [-0.4, -0.2) is 26.7 Å². The van der Waals surface area contributed by atoms with Gasteiger partial charge < -0.3 is 14.8 Å². The van der Waals surface area contributed by atoms with Gasteiger partial charge in [-0.2, -0.15) is 0 Å². The zero-order chi connectivity index (χ0) is 15.8. The summed E-state index contributed by atoms with van der Waals surface area (Å²) in [5.41, 5.74) is 2.06. The summed E-state index contributed by atoms with van der Waals surface area (Å²) in [6.45, 7) is 0.626. The summed E-state index contributed by atoms with van der Waals surface area (Å²) in [5.74, 6) is 1.36. The van der Waals surface area contributed by atoms with Gasteiger partial charge in [-0.25, -0.2) is 0 Å². The number of hydrogen-bond donors (Lipinski definition) is 1. The predicted octanol–water partition coefficient (Wildman–Crippen LogP) is 2.61. The Balaban J connectivity index is 1.86. The van der Waals surface area contributed by atoms with Crippen molar-refractivity contribution in [1.82, 2.24) is 5.32 Å². The molecular formula is C18H21NO3. The standard InChI is InChI=1S/C18H21NO3/c1-21-16-9-8-15(17(13-16)22-2)12-18(20)19-11-10-14-6-4-3-5-7-14/h3-9,13H,10-12H2,1-2H3,(H,19,20). The molecule has 0 saturated carbocycles. The third-order valence-electron chi connectivity index (χ3n) is 3.42. The van der Waals surface area contributed by atoms with Crippen LogP contribution < -0.4 is 14.8 Å². The zero-order valence-corrected chi connectivity index (χ0v) is 13.0. The Morgan fingerprint density at radius 3 is 2.50 bits per heavy atom. The maximum Gasteiger partial charge on any atom is 0.224 e. The van der Waals surface area contributed by atoms with Gasteiger partial charge in [0.1, 0.15) is 11.5 Å². The Hall–Kier alpha value is -2.49. The highest BCUT2D eigenvalue weighted by Gasteiger charge is 2.09. The van der Waals surface area contributed by atoms with Crippen molar-refractivity contribution in [3.63, 3.8) is 0 Å². The molecule has 0 bridgehead atoms. The van der Waals surface area contributed by atoms with Gasteiger partial charge in [0.25, 0.3) is 0 Å². The van der Waals surface area contributed by atoms with E-state index >= 15 is 0 Å². The molecule has 1 amide bonds. The maximum absolute atomic E-state index is 12.0. The van der Waals surface area contributed by atoms with E-state index in [2.05, 4.69) is 17.4 Å². The normalized spacial score (nSPS) is 10.1. The van der Waals surface area contributed by atoms with Crippen molar-refractivity contribution >= 4 is 5.91 Å². The van der Waals surface area contributed by atoms with E-state index in [0.29, 0.717) is 24.5 Å². The molecule has 4 nitrogen and oxygen atoms in total. The number of nitrogens with one attached hydrogen (secondary N) is 1. The zero-order valence-electron chi connectivity index (χ0n) is 13.0. The largest absolute Gasteiger partial charge is 0.497 e. The number of rotatable bonds is 7. The lowest BCUT2D eigenvalue weighted by molar-refractivity contribution is -0.120. The highest BCUT2D eigenvalue weighted by Crippen LogP contribution is 2.24. The number of benzene rings is 2. The van der Waals surface area contributed by atoms with Crippen LogP contribution in [0, 0.1) is 0 Å². The summed E-state index contributed by atoms with van der Waals surface area (Å²) in [4.78, 5) is 12.0. The smallest absolute Gasteiger partial charge is 0.224 e. The molecule has 2 rings (SSSR count). The molecule has 0 saturated heterocycles. The van der Waals surface area contributed by atoms with Crippen LogP contribution in [0.2, 0.25) is 0 Å². The first-order chi connectivity index (χ1) is 10.7. The summed E-state index contributed by atoms with van der Waals surface area (Å²) < 4.78 is 10.5. The van der Waals surface area contributed by atoms with Crippen LogP contribution in [-0.2, 0) is 17.6 Å². The van der Waals surface area contributed by atoms with Gasteiger partial charge in [-0.1, -0.05) is 36.4 Å². The quantitative estimate of drug-likeness (QED) is 0.855. The third-order valence-corrected chi connectivity index (χ3v) is 3.42. The first-order valence-corrected chi connectivity index (χ1v) is 7.24. The van der Waals surface area contributed by atoms with Crippen molar-refractivity contribution in [2.45, 2.75) is 12.8 Å². The van der Waals surface area contributed by atoms with E-state index in [9.17, 15) is 4.79 Å². The molecule has 2 aromatic rings. The first kappa shape index (κ1) is 15.9. The first-order valence-electron chi connectivity index (χ1n) is 7.24.